The Morgan fingerprint density at radius 3 is 1.90 bits per heavy atom. The van der Waals surface area contributed by atoms with Crippen molar-refractivity contribution in [1.82, 2.24) is 4.90 Å². The van der Waals surface area contributed by atoms with E-state index in [2.05, 4.69) is 4.90 Å². The molecule has 1 fully saturated rings. The number of carbonyl (C=O) groups is 1. The van der Waals surface area contributed by atoms with Crippen molar-refractivity contribution in [3.05, 3.63) is 71.3 Å². The number of rotatable bonds is 7. The number of piperazine rings is 1. The minimum atomic E-state index is -0.257. The second kappa shape index (κ2) is 9.46. The Labute approximate surface area is 171 Å². The monoisotopic (exact) mass is 402 g/mol. The topological polar surface area (TPSA) is 46.3 Å². The van der Waals surface area contributed by atoms with Gasteiger partial charge in [0.15, 0.2) is 0 Å². The van der Waals surface area contributed by atoms with E-state index in [9.17, 15) is 13.6 Å². The van der Waals surface area contributed by atoms with E-state index in [0.29, 0.717) is 4.48 Å². The first-order valence-corrected chi connectivity index (χ1v) is 10.3. The number of halogens is 2. The van der Waals surface area contributed by atoms with Gasteiger partial charge >= 0.3 is 6.03 Å². The van der Waals surface area contributed by atoms with E-state index in [1.165, 1.54) is 24.3 Å². The van der Waals surface area contributed by atoms with E-state index in [1.807, 2.05) is 31.2 Å². The van der Waals surface area contributed by atoms with Crippen LogP contribution in [0.2, 0.25) is 0 Å². The SMILES string of the molecule is CC[N+]1(C(N)=O)CCN(CCCC(c2ccc(F)cc2)c2ccc(F)cc2)CC1. The van der Waals surface area contributed by atoms with E-state index in [1.54, 1.807) is 0 Å². The zero-order valence-electron chi connectivity index (χ0n) is 17.0. The van der Waals surface area contributed by atoms with Crippen LogP contribution in [-0.2, 0) is 0 Å². The fourth-order valence-electron chi connectivity index (χ4n) is 4.24. The molecule has 0 aliphatic carbocycles. The van der Waals surface area contributed by atoms with Gasteiger partial charge in [-0.15, -0.1) is 0 Å². The van der Waals surface area contributed by atoms with Gasteiger partial charge < -0.3 is 5.73 Å². The Balaban J connectivity index is 1.61. The predicted octanol–water partition coefficient (Wildman–Crippen LogP) is 4.11. The minimum Gasteiger partial charge on any atom is -0.319 e. The van der Waals surface area contributed by atoms with Crippen molar-refractivity contribution >= 4 is 6.03 Å². The Kier molecular flexibility index (Phi) is 6.98. The number of carbonyl (C=O) groups excluding carboxylic acids is 1. The van der Waals surface area contributed by atoms with E-state index in [4.69, 9.17) is 5.73 Å². The molecule has 0 saturated carbocycles. The average molecular weight is 403 g/mol. The number of likely N-dealkylation sites (N-methyl/N-ethyl adjacent to an activating group) is 1. The van der Waals surface area contributed by atoms with Crippen LogP contribution in [0.4, 0.5) is 13.6 Å². The summed E-state index contributed by atoms with van der Waals surface area (Å²) in [5.74, 6) is -0.420. The van der Waals surface area contributed by atoms with Crippen molar-refractivity contribution in [2.75, 3.05) is 39.3 Å². The number of amides is 2. The minimum absolute atomic E-state index is 0.0946. The van der Waals surface area contributed by atoms with Crippen molar-refractivity contribution in [2.45, 2.75) is 25.7 Å². The Hall–Kier alpha value is -2.31. The van der Waals surface area contributed by atoms with Crippen molar-refractivity contribution in [2.24, 2.45) is 5.73 Å². The van der Waals surface area contributed by atoms with Crippen LogP contribution in [0.15, 0.2) is 48.5 Å². The molecule has 4 nitrogen and oxygen atoms in total. The highest BCUT2D eigenvalue weighted by Crippen LogP contribution is 2.30. The van der Waals surface area contributed by atoms with Crippen LogP contribution < -0.4 is 5.73 Å². The average Bonchev–Trinajstić information content (AvgIpc) is 2.73. The van der Waals surface area contributed by atoms with Gasteiger partial charge in [-0.1, -0.05) is 24.3 Å². The lowest BCUT2D eigenvalue weighted by Crippen LogP contribution is -2.64. The van der Waals surface area contributed by atoms with E-state index < -0.39 is 0 Å². The normalized spacial score (nSPS) is 16.8. The first kappa shape index (κ1) is 21.4. The second-order valence-electron chi connectivity index (χ2n) is 7.89. The first-order chi connectivity index (χ1) is 13.9. The molecule has 0 spiro atoms. The number of hydrogen-bond acceptors (Lipinski definition) is 2. The molecule has 1 saturated heterocycles. The Bertz CT molecular complexity index is 754. The van der Waals surface area contributed by atoms with Gasteiger partial charge in [-0.05, 0) is 61.7 Å². The van der Waals surface area contributed by atoms with Gasteiger partial charge in [0, 0.05) is 19.0 Å². The van der Waals surface area contributed by atoms with E-state index in [0.717, 1.165) is 63.2 Å². The molecule has 0 bridgehead atoms. The molecule has 1 aliphatic heterocycles. The number of nitrogens with two attached hydrogens (primary N) is 1. The summed E-state index contributed by atoms with van der Waals surface area (Å²) < 4.78 is 27.1. The molecule has 0 radical (unpaired) electrons. The quantitative estimate of drug-likeness (QED) is 0.709. The van der Waals surface area contributed by atoms with Gasteiger partial charge in [-0.25, -0.2) is 18.1 Å². The van der Waals surface area contributed by atoms with Crippen molar-refractivity contribution in [3.63, 3.8) is 0 Å². The van der Waals surface area contributed by atoms with Crippen molar-refractivity contribution in [3.8, 4) is 0 Å². The van der Waals surface area contributed by atoms with Crippen LogP contribution in [0.1, 0.15) is 36.8 Å². The molecule has 156 valence electrons. The maximum atomic E-state index is 13.4. The number of quaternary nitrogens is 1. The van der Waals surface area contributed by atoms with Gasteiger partial charge in [0.05, 0.1) is 6.54 Å². The number of urea groups is 1. The molecular formula is C23H30F2N3O+. The molecule has 2 N–H and O–H groups in total. The molecule has 2 aromatic rings. The lowest BCUT2D eigenvalue weighted by atomic mass is 9.87. The van der Waals surface area contributed by atoms with Crippen LogP contribution in [0, 0.1) is 11.6 Å². The summed E-state index contributed by atoms with van der Waals surface area (Å²) in [4.78, 5) is 14.2. The fourth-order valence-corrected chi connectivity index (χ4v) is 4.24. The maximum Gasteiger partial charge on any atom is 0.414 e. The number of hydrogen-bond donors (Lipinski definition) is 1. The summed E-state index contributed by atoms with van der Waals surface area (Å²) in [5, 5.41) is 0. The molecule has 1 heterocycles. The zero-order valence-corrected chi connectivity index (χ0v) is 17.0. The Morgan fingerprint density at radius 1 is 1.00 bits per heavy atom. The molecule has 0 aromatic heterocycles. The molecule has 0 unspecified atom stereocenters. The van der Waals surface area contributed by atoms with Crippen LogP contribution in [0.5, 0.6) is 0 Å². The number of benzene rings is 2. The van der Waals surface area contributed by atoms with Gasteiger partial charge in [0.25, 0.3) is 0 Å². The van der Waals surface area contributed by atoms with Crippen molar-refractivity contribution < 1.29 is 18.1 Å². The molecule has 2 aromatic carbocycles. The Morgan fingerprint density at radius 2 is 1.48 bits per heavy atom. The van der Waals surface area contributed by atoms with Crippen molar-refractivity contribution in [1.29, 1.82) is 0 Å². The lowest BCUT2D eigenvalue weighted by Gasteiger charge is -2.40. The summed E-state index contributed by atoms with van der Waals surface area (Å²) in [5.41, 5.74) is 7.68. The third-order valence-electron chi connectivity index (χ3n) is 6.27. The summed E-state index contributed by atoms with van der Waals surface area (Å²) >= 11 is 0. The third-order valence-corrected chi connectivity index (χ3v) is 6.27. The van der Waals surface area contributed by atoms with Gasteiger partial charge in [-0.2, -0.15) is 0 Å². The lowest BCUT2D eigenvalue weighted by molar-refractivity contribution is -0.852. The van der Waals surface area contributed by atoms with Crippen LogP contribution >= 0.6 is 0 Å². The molecule has 29 heavy (non-hydrogen) atoms. The fraction of sp³-hybridized carbons (Fsp3) is 0.435. The predicted molar refractivity (Wildman–Crippen MR) is 110 cm³/mol. The van der Waals surface area contributed by atoms with Crippen LogP contribution in [-0.4, -0.2) is 54.7 Å². The highest BCUT2D eigenvalue weighted by Gasteiger charge is 2.36. The molecule has 1 aliphatic rings. The molecular weight excluding hydrogens is 372 g/mol. The number of nitrogens with zero attached hydrogens (tertiary/aromatic N) is 2. The van der Waals surface area contributed by atoms with E-state index >= 15 is 0 Å². The third kappa shape index (κ3) is 5.19. The van der Waals surface area contributed by atoms with Gasteiger partial charge in [-0.3, -0.25) is 4.90 Å². The highest BCUT2D eigenvalue weighted by molar-refractivity contribution is 5.64. The van der Waals surface area contributed by atoms with Gasteiger partial charge in [0.2, 0.25) is 0 Å². The number of primary amides is 1. The largest absolute Gasteiger partial charge is 0.414 e. The summed E-state index contributed by atoms with van der Waals surface area (Å²) in [6, 6.07) is 12.9. The summed E-state index contributed by atoms with van der Waals surface area (Å²) in [6.45, 7) is 6.90. The smallest absolute Gasteiger partial charge is 0.319 e. The molecule has 3 rings (SSSR count). The highest BCUT2D eigenvalue weighted by atomic mass is 19.1. The van der Waals surface area contributed by atoms with Crippen LogP contribution in [0.25, 0.3) is 0 Å². The summed E-state index contributed by atoms with van der Waals surface area (Å²) in [7, 11) is 0. The molecule has 6 heteroatoms. The first-order valence-electron chi connectivity index (χ1n) is 10.3. The molecule has 0 atom stereocenters. The van der Waals surface area contributed by atoms with E-state index in [-0.39, 0.29) is 23.6 Å². The summed E-state index contributed by atoms with van der Waals surface area (Å²) in [6.07, 6.45) is 1.85. The standard InChI is InChI=1S/C23H29F2N3O/c1-2-28(23(26)29)16-14-27(15-17-28)13-3-4-22(18-5-9-20(24)10-6-18)19-7-11-21(25)12-8-19/h5-12,22H,2-4,13-17H2,1H3,(H-,26,29)/p+1. The van der Waals surface area contributed by atoms with Crippen LogP contribution in [0.3, 0.4) is 0 Å². The van der Waals surface area contributed by atoms with Gasteiger partial charge in [0.1, 0.15) is 24.7 Å². The second-order valence-corrected chi connectivity index (χ2v) is 7.89. The zero-order chi connectivity index (χ0) is 20.9. The molecule has 2 amide bonds. The maximum absolute atomic E-state index is 13.4.